The largest absolute Gasteiger partial charge is 0.374 e. The second-order valence-electron chi connectivity index (χ2n) is 6.72. The predicted octanol–water partition coefficient (Wildman–Crippen LogP) is 3.02. The van der Waals surface area contributed by atoms with E-state index in [4.69, 9.17) is 0 Å². The number of piperidine rings is 1. The van der Waals surface area contributed by atoms with Crippen LogP contribution < -0.4 is 5.32 Å². The third kappa shape index (κ3) is 4.42. The molecule has 1 saturated heterocycles. The maximum Gasteiger partial charge on any atom is 0.293 e. The molecular formula is C18H22N4O4S. The molecule has 1 fully saturated rings. The van der Waals surface area contributed by atoms with Crippen molar-refractivity contribution in [3.63, 3.8) is 0 Å². The standard InChI is InChI=1S/C18H22N4O4S/c1-14-5-4-10-21(13-14)27(25,26)16-7-8-17(18(11-16)22(23)24)20-12-15-6-2-3-9-19-15/h2-3,6-9,11,14,20H,4-5,10,12-13H2,1H3/t14-/m0/s1. The average Bonchev–Trinajstić information content (AvgIpc) is 2.67. The van der Waals surface area contributed by atoms with Crippen LogP contribution in [0.1, 0.15) is 25.5 Å². The van der Waals surface area contributed by atoms with E-state index in [9.17, 15) is 18.5 Å². The fraction of sp³-hybridized carbons (Fsp3) is 0.389. The lowest BCUT2D eigenvalue weighted by Crippen LogP contribution is -2.39. The van der Waals surface area contributed by atoms with E-state index in [1.54, 1.807) is 18.3 Å². The van der Waals surface area contributed by atoms with Crippen LogP contribution in [0.3, 0.4) is 0 Å². The number of nitro groups is 1. The predicted molar refractivity (Wildman–Crippen MR) is 102 cm³/mol. The number of anilines is 1. The molecule has 1 N–H and O–H groups in total. The van der Waals surface area contributed by atoms with Crippen LogP contribution in [-0.4, -0.2) is 35.7 Å². The lowest BCUT2D eigenvalue weighted by atomic mass is 10.0. The molecule has 8 nitrogen and oxygen atoms in total. The fourth-order valence-corrected chi connectivity index (χ4v) is 4.79. The number of nitrogens with zero attached hydrogens (tertiary/aromatic N) is 3. The maximum atomic E-state index is 12.9. The third-order valence-corrected chi connectivity index (χ3v) is 6.47. The molecular weight excluding hydrogens is 368 g/mol. The van der Waals surface area contributed by atoms with E-state index in [1.165, 1.54) is 16.4 Å². The van der Waals surface area contributed by atoms with Crippen LogP contribution in [0.5, 0.6) is 0 Å². The quantitative estimate of drug-likeness (QED) is 0.600. The molecule has 0 aliphatic carbocycles. The van der Waals surface area contributed by atoms with Crippen molar-refractivity contribution in [3.05, 3.63) is 58.4 Å². The van der Waals surface area contributed by atoms with E-state index >= 15 is 0 Å². The van der Waals surface area contributed by atoms with Gasteiger partial charge in [0.05, 0.1) is 22.1 Å². The summed E-state index contributed by atoms with van der Waals surface area (Å²) < 4.78 is 27.2. The number of rotatable bonds is 6. The minimum absolute atomic E-state index is 0.0494. The minimum atomic E-state index is -3.75. The van der Waals surface area contributed by atoms with Crippen molar-refractivity contribution < 1.29 is 13.3 Å². The van der Waals surface area contributed by atoms with E-state index in [2.05, 4.69) is 10.3 Å². The number of hydrogen-bond acceptors (Lipinski definition) is 6. The Kier molecular flexibility index (Phi) is 5.71. The molecule has 1 aromatic heterocycles. The average molecular weight is 390 g/mol. The summed E-state index contributed by atoms with van der Waals surface area (Å²) in [5.41, 5.74) is 0.722. The molecule has 27 heavy (non-hydrogen) atoms. The van der Waals surface area contributed by atoms with E-state index < -0.39 is 14.9 Å². The summed E-state index contributed by atoms with van der Waals surface area (Å²) in [5.74, 6) is 0.280. The number of pyridine rings is 1. The molecule has 0 saturated carbocycles. The zero-order valence-electron chi connectivity index (χ0n) is 15.0. The van der Waals surface area contributed by atoms with Gasteiger partial charge in [-0.2, -0.15) is 4.31 Å². The van der Waals surface area contributed by atoms with E-state index in [1.807, 2.05) is 13.0 Å². The van der Waals surface area contributed by atoms with Gasteiger partial charge < -0.3 is 5.32 Å². The molecule has 1 atom stereocenters. The summed E-state index contributed by atoms with van der Waals surface area (Å²) in [6, 6.07) is 9.41. The normalized spacial score (nSPS) is 18.2. The van der Waals surface area contributed by atoms with Gasteiger partial charge in [-0.1, -0.05) is 13.0 Å². The van der Waals surface area contributed by atoms with Gasteiger partial charge >= 0.3 is 0 Å². The molecule has 1 aliphatic rings. The van der Waals surface area contributed by atoms with E-state index in [-0.39, 0.29) is 22.2 Å². The Morgan fingerprint density at radius 1 is 1.33 bits per heavy atom. The van der Waals surface area contributed by atoms with Crippen molar-refractivity contribution in [2.75, 3.05) is 18.4 Å². The molecule has 0 bridgehead atoms. The molecule has 1 aromatic carbocycles. The second kappa shape index (κ2) is 8.01. The molecule has 2 aromatic rings. The van der Waals surface area contributed by atoms with Crippen LogP contribution in [0.4, 0.5) is 11.4 Å². The first-order valence-corrected chi connectivity index (χ1v) is 10.2. The zero-order valence-corrected chi connectivity index (χ0v) is 15.9. The van der Waals surface area contributed by atoms with Gasteiger partial charge in [-0.25, -0.2) is 8.42 Å². The summed E-state index contributed by atoms with van der Waals surface area (Å²) >= 11 is 0. The Bertz CT molecular complexity index is 918. The minimum Gasteiger partial charge on any atom is -0.374 e. The molecule has 0 amide bonds. The molecule has 3 rings (SSSR count). The number of aromatic nitrogens is 1. The number of sulfonamides is 1. The smallest absolute Gasteiger partial charge is 0.293 e. The Balaban J connectivity index is 1.85. The van der Waals surface area contributed by atoms with Gasteiger partial charge in [-0.15, -0.1) is 0 Å². The summed E-state index contributed by atoms with van der Waals surface area (Å²) in [7, 11) is -3.75. The lowest BCUT2D eigenvalue weighted by Gasteiger charge is -2.30. The molecule has 144 valence electrons. The van der Waals surface area contributed by atoms with Gasteiger partial charge in [0.1, 0.15) is 5.69 Å². The Morgan fingerprint density at radius 2 is 2.15 bits per heavy atom. The highest BCUT2D eigenvalue weighted by atomic mass is 32.2. The summed E-state index contributed by atoms with van der Waals surface area (Å²) in [6.45, 7) is 3.20. The van der Waals surface area contributed by atoms with Crippen molar-refractivity contribution in [2.45, 2.75) is 31.2 Å². The van der Waals surface area contributed by atoms with E-state index in [0.717, 1.165) is 24.6 Å². The van der Waals surface area contributed by atoms with Crippen LogP contribution in [0.15, 0.2) is 47.5 Å². The van der Waals surface area contributed by atoms with Crippen LogP contribution >= 0.6 is 0 Å². The maximum absolute atomic E-state index is 12.9. The van der Waals surface area contributed by atoms with Crippen molar-refractivity contribution in [1.29, 1.82) is 0 Å². The Morgan fingerprint density at radius 3 is 2.81 bits per heavy atom. The second-order valence-corrected chi connectivity index (χ2v) is 8.66. The van der Waals surface area contributed by atoms with Crippen molar-refractivity contribution in [3.8, 4) is 0 Å². The highest BCUT2D eigenvalue weighted by molar-refractivity contribution is 7.89. The monoisotopic (exact) mass is 390 g/mol. The molecule has 0 radical (unpaired) electrons. The zero-order chi connectivity index (χ0) is 19.4. The van der Waals surface area contributed by atoms with Gasteiger partial charge in [-0.05, 0) is 43.0 Å². The van der Waals surface area contributed by atoms with E-state index in [0.29, 0.717) is 19.6 Å². The van der Waals surface area contributed by atoms with Crippen LogP contribution in [0.25, 0.3) is 0 Å². The van der Waals surface area contributed by atoms with Crippen molar-refractivity contribution in [1.82, 2.24) is 9.29 Å². The molecule has 9 heteroatoms. The first kappa shape index (κ1) is 19.2. The highest BCUT2D eigenvalue weighted by Crippen LogP contribution is 2.30. The van der Waals surface area contributed by atoms with Crippen LogP contribution in [-0.2, 0) is 16.6 Å². The number of hydrogen-bond donors (Lipinski definition) is 1. The number of nitrogens with one attached hydrogen (secondary N) is 1. The molecule has 0 spiro atoms. The molecule has 0 unspecified atom stereocenters. The SMILES string of the molecule is C[C@H]1CCCN(S(=O)(=O)c2ccc(NCc3ccccn3)c([N+](=O)[O-])c2)C1. The number of nitro benzene ring substituents is 1. The van der Waals surface area contributed by atoms with Gasteiger partial charge in [-0.3, -0.25) is 15.1 Å². The van der Waals surface area contributed by atoms with Gasteiger partial charge in [0.15, 0.2) is 0 Å². The van der Waals surface area contributed by atoms with Crippen LogP contribution in [0.2, 0.25) is 0 Å². The lowest BCUT2D eigenvalue weighted by molar-refractivity contribution is -0.384. The molecule has 1 aliphatic heterocycles. The Labute approximate surface area is 158 Å². The first-order valence-electron chi connectivity index (χ1n) is 8.80. The summed E-state index contributed by atoms with van der Waals surface area (Å²) in [5, 5.41) is 14.4. The number of benzene rings is 1. The van der Waals surface area contributed by atoms with Gasteiger partial charge in [0.25, 0.3) is 5.69 Å². The molecule has 2 heterocycles. The van der Waals surface area contributed by atoms with Gasteiger partial charge in [0, 0.05) is 25.4 Å². The van der Waals surface area contributed by atoms with Crippen molar-refractivity contribution >= 4 is 21.4 Å². The summed E-state index contributed by atoms with van der Waals surface area (Å²) in [4.78, 5) is 15.0. The fourth-order valence-electron chi connectivity index (χ4n) is 3.17. The highest BCUT2D eigenvalue weighted by Gasteiger charge is 2.30. The Hall–Kier alpha value is -2.52. The van der Waals surface area contributed by atoms with Crippen LogP contribution in [0, 0.1) is 16.0 Å². The first-order chi connectivity index (χ1) is 12.9. The van der Waals surface area contributed by atoms with Gasteiger partial charge in [0.2, 0.25) is 10.0 Å². The van der Waals surface area contributed by atoms with Crippen molar-refractivity contribution in [2.24, 2.45) is 5.92 Å². The third-order valence-electron chi connectivity index (χ3n) is 4.61. The summed E-state index contributed by atoms with van der Waals surface area (Å²) in [6.07, 6.45) is 3.43. The topological polar surface area (TPSA) is 105 Å².